The number of rotatable bonds is 5. The van der Waals surface area contributed by atoms with Gasteiger partial charge in [-0.05, 0) is 16.8 Å². The summed E-state index contributed by atoms with van der Waals surface area (Å²) in [6.45, 7) is 0. The Hall–Kier alpha value is -3.18. The Kier molecular flexibility index (Phi) is 5.76. The molecule has 0 aliphatic carbocycles. The molecule has 0 saturated carbocycles. The Bertz CT molecular complexity index is 1080. The third-order valence-electron chi connectivity index (χ3n) is 4.61. The predicted octanol–water partition coefficient (Wildman–Crippen LogP) is 5.14. The number of nitrogens with zero attached hydrogens (tertiary/aromatic N) is 2. The van der Waals surface area contributed by atoms with E-state index in [9.17, 15) is 0 Å². The summed E-state index contributed by atoms with van der Waals surface area (Å²) in [5.41, 5.74) is 2.94. The maximum absolute atomic E-state index is 5.48. The number of benzene rings is 3. The molecule has 0 unspecified atom stereocenters. The number of aromatic nitrogens is 2. The molecule has 0 atom stereocenters. The van der Waals surface area contributed by atoms with E-state index in [0.717, 1.165) is 16.9 Å². The lowest BCUT2D eigenvalue weighted by molar-refractivity contribution is 0.324. The molecular formula is C22H21ClN2O3. The average Bonchev–Trinajstić information content (AvgIpc) is 3.22. The minimum Gasteiger partial charge on any atom is -0.493 e. The molecule has 144 valence electrons. The van der Waals surface area contributed by atoms with Crippen LogP contribution in [0.15, 0.2) is 67.1 Å². The van der Waals surface area contributed by atoms with Crippen LogP contribution in [0.1, 0.15) is 0 Å². The molecule has 1 heterocycles. The Morgan fingerprint density at radius 3 is 2.11 bits per heavy atom. The number of ether oxygens (including phenoxy) is 3. The summed E-state index contributed by atoms with van der Waals surface area (Å²) in [6.07, 6.45) is 3.64. The summed E-state index contributed by atoms with van der Waals surface area (Å²) in [5.74, 6) is 1.77. The van der Waals surface area contributed by atoms with Crippen molar-refractivity contribution in [2.45, 2.75) is 0 Å². The zero-order valence-electron chi connectivity index (χ0n) is 15.9. The van der Waals surface area contributed by atoms with Gasteiger partial charge in [-0.1, -0.05) is 36.4 Å². The molecule has 0 fully saturated rings. The van der Waals surface area contributed by atoms with Crippen LogP contribution in [0.4, 0.5) is 0 Å². The SMILES string of the molecule is COc1cc(-n2cncc2-c2ccc3ccccc3c2)cc(OC)c1OC.Cl. The summed E-state index contributed by atoms with van der Waals surface area (Å²) in [6, 6.07) is 18.5. The second-order valence-corrected chi connectivity index (χ2v) is 6.09. The highest BCUT2D eigenvalue weighted by Gasteiger charge is 2.16. The molecule has 0 radical (unpaired) electrons. The van der Waals surface area contributed by atoms with E-state index in [1.807, 2.05) is 35.0 Å². The van der Waals surface area contributed by atoms with Crippen LogP contribution in [-0.4, -0.2) is 30.9 Å². The van der Waals surface area contributed by atoms with Gasteiger partial charge in [0.25, 0.3) is 0 Å². The van der Waals surface area contributed by atoms with E-state index < -0.39 is 0 Å². The van der Waals surface area contributed by atoms with Gasteiger partial charge in [0.2, 0.25) is 5.75 Å². The van der Waals surface area contributed by atoms with Crippen molar-refractivity contribution in [3.63, 3.8) is 0 Å². The average molecular weight is 397 g/mol. The van der Waals surface area contributed by atoms with Crippen molar-refractivity contribution >= 4 is 23.2 Å². The standard InChI is InChI=1S/C22H20N2O3.ClH/c1-25-20-11-18(12-21(26-2)22(20)27-3)24-14-23-13-19(24)17-9-8-15-6-4-5-7-16(15)10-17;/h4-14H,1-3H3;1H. The van der Waals surface area contributed by atoms with Gasteiger partial charge in [0, 0.05) is 17.7 Å². The predicted molar refractivity (Wildman–Crippen MR) is 113 cm³/mol. The Balaban J connectivity index is 0.00000225. The van der Waals surface area contributed by atoms with Gasteiger partial charge in [-0.2, -0.15) is 0 Å². The van der Waals surface area contributed by atoms with Crippen molar-refractivity contribution in [2.75, 3.05) is 21.3 Å². The van der Waals surface area contributed by atoms with Crippen molar-refractivity contribution in [1.29, 1.82) is 0 Å². The minimum atomic E-state index is 0. The first-order valence-corrected chi connectivity index (χ1v) is 8.57. The first kappa shape index (κ1) is 19.6. The highest BCUT2D eigenvalue weighted by Crippen LogP contribution is 2.40. The number of hydrogen-bond acceptors (Lipinski definition) is 4. The monoisotopic (exact) mass is 396 g/mol. The van der Waals surface area contributed by atoms with Crippen LogP contribution in [0.25, 0.3) is 27.7 Å². The van der Waals surface area contributed by atoms with Gasteiger partial charge in [-0.3, -0.25) is 4.57 Å². The smallest absolute Gasteiger partial charge is 0.203 e. The van der Waals surface area contributed by atoms with Gasteiger partial charge in [0.05, 0.1) is 45.2 Å². The first-order valence-electron chi connectivity index (χ1n) is 8.57. The topological polar surface area (TPSA) is 45.5 Å². The Morgan fingerprint density at radius 1 is 0.786 bits per heavy atom. The molecule has 0 aliphatic heterocycles. The normalized spacial score (nSPS) is 10.4. The van der Waals surface area contributed by atoms with Crippen molar-refractivity contribution in [1.82, 2.24) is 9.55 Å². The second kappa shape index (κ2) is 8.23. The summed E-state index contributed by atoms with van der Waals surface area (Å²) >= 11 is 0. The fourth-order valence-corrected chi connectivity index (χ4v) is 3.27. The number of fused-ring (bicyclic) bond motifs is 1. The first-order chi connectivity index (χ1) is 13.2. The quantitative estimate of drug-likeness (QED) is 0.468. The Morgan fingerprint density at radius 2 is 1.46 bits per heavy atom. The second-order valence-electron chi connectivity index (χ2n) is 6.09. The molecule has 0 aliphatic rings. The molecule has 6 heteroatoms. The van der Waals surface area contributed by atoms with Gasteiger partial charge in [-0.15, -0.1) is 12.4 Å². The molecule has 3 aromatic carbocycles. The van der Waals surface area contributed by atoms with Crippen molar-refractivity contribution < 1.29 is 14.2 Å². The van der Waals surface area contributed by atoms with E-state index in [4.69, 9.17) is 14.2 Å². The summed E-state index contributed by atoms with van der Waals surface area (Å²) in [4.78, 5) is 4.36. The maximum atomic E-state index is 5.48. The molecule has 0 spiro atoms. The van der Waals surface area contributed by atoms with E-state index in [0.29, 0.717) is 17.2 Å². The lowest BCUT2D eigenvalue weighted by atomic mass is 10.1. The lowest BCUT2D eigenvalue weighted by Gasteiger charge is -2.16. The molecule has 28 heavy (non-hydrogen) atoms. The number of hydrogen-bond donors (Lipinski definition) is 0. The molecule has 0 N–H and O–H groups in total. The molecule has 4 rings (SSSR count). The zero-order chi connectivity index (χ0) is 18.8. The van der Waals surface area contributed by atoms with Gasteiger partial charge in [0.15, 0.2) is 11.5 Å². The largest absolute Gasteiger partial charge is 0.493 e. The van der Waals surface area contributed by atoms with E-state index >= 15 is 0 Å². The van der Waals surface area contributed by atoms with Gasteiger partial charge < -0.3 is 14.2 Å². The van der Waals surface area contributed by atoms with E-state index in [1.54, 1.807) is 27.7 Å². The molecular weight excluding hydrogens is 376 g/mol. The number of methoxy groups -OCH3 is 3. The zero-order valence-corrected chi connectivity index (χ0v) is 16.7. The molecule has 0 amide bonds. The molecule has 1 aromatic heterocycles. The van der Waals surface area contributed by atoms with E-state index in [2.05, 4.69) is 35.3 Å². The highest BCUT2D eigenvalue weighted by molar-refractivity contribution is 5.87. The lowest BCUT2D eigenvalue weighted by Crippen LogP contribution is -2.00. The van der Waals surface area contributed by atoms with Gasteiger partial charge in [0.1, 0.15) is 0 Å². The Labute approximate surface area is 169 Å². The molecule has 0 bridgehead atoms. The van der Waals surface area contributed by atoms with Crippen LogP contribution in [0.3, 0.4) is 0 Å². The van der Waals surface area contributed by atoms with Gasteiger partial charge in [-0.25, -0.2) is 4.98 Å². The fraction of sp³-hybridized carbons (Fsp3) is 0.136. The van der Waals surface area contributed by atoms with Crippen LogP contribution in [0.2, 0.25) is 0 Å². The molecule has 5 nitrogen and oxygen atoms in total. The van der Waals surface area contributed by atoms with E-state index in [1.165, 1.54) is 10.8 Å². The number of imidazole rings is 1. The fourth-order valence-electron chi connectivity index (χ4n) is 3.27. The van der Waals surface area contributed by atoms with Crippen molar-refractivity contribution in [3.05, 3.63) is 67.1 Å². The van der Waals surface area contributed by atoms with Gasteiger partial charge >= 0.3 is 0 Å². The van der Waals surface area contributed by atoms with Crippen LogP contribution in [0, 0.1) is 0 Å². The third-order valence-corrected chi connectivity index (χ3v) is 4.61. The molecule has 4 aromatic rings. The number of halogens is 1. The van der Waals surface area contributed by atoms with Crippen molar-refractivity contribution in [2.24, 2.45) is 0 Å². The van der Waals surface area contributed by atoms with E-state index in [-0.39, 0.29) is 12.4 Å². The third kappa shape index (κ3) is 3.37. The van der Waals surface area contributed by atoms with Crippen LogP contribution < -0.4 is 14.2 Å². The van der Waals surface area contributed by atoms with Crippen molar-refractivity contribution in [3.8, 4) is 34.2 Å². The van der Waals surface area contributed by atoms with Crippen LogP contribution >= 0.6 is 12.4 Å². The summed E-state index contributed by atoms with van der Waals surface area (Å²) < 4.78 is 18.4. The summed E-state index contributed by atoms with van der Waals surface area (Å²) in [7, 11) is 4.82. The summed E-state index contributed by atoms with van der Waals surface area (Å²) in [5, 5.41) is 2.40. The van der Waals surface area contributed by atoms with Crippen LogP contribution in [-0.2, 0) is 0 Å². The maximum Gasteiger partial charge on any atom is 0.203 e. The highest BCUT2D eigenvalue weighted by atomic mass is 35.5. The van der Waals surface area contributed by atoms with Crippen LogP contribution in [0.5, 0.6) is 17.2 Å². The molecule has 0 saturated heterocycles. The minimum absolute atomic E-state index is 0.